The highest BCUT2D eigenvalue weighted by Crippen LogP contribution is 2.53. The largest absolute Gasteiger partial charge is 0.329 e. The lowest BCUT2D eigenvalue weighted by molar-refractivity contribution is 1.18. The number of hydrogen-bond acceptors (Lipinski definition) is 3. The molecule has 0 bridgehead atoms. The predicted molar refractivity (Wildman–Crippen MR) is 100 cm³/mol. The van der Waals surface area contributed by atoms with Crippen LogP contribution in [0.4, 0.5) is 5.69 Å². The minimum Gasteiger partial charge on any atom is -0.329 e. The molecule has 0 amide bonds. The van der Waals surface area contributed by atoms with Crippen LogP contribution >= 0.6 is 23.3 Å². The molecule has 0 saturated carbocycles. The van der Waals surface area contributed by atoms with Gasteiger partial charge >= 0.3 is 0 Å². The molecule has 1 heterocycles. The van der Waals surface area contributed by atoms with E-state index in [0.717, 1.165) is 5.69 Å². The Labute approximate surface area is 139 Å². The molecule has 0 aliphatic heterocycles. The van der Waals surface area contributed by atoms with E-state index >= 15 is 0 Å². The van der Waals surface area contributed by atoms with Gasteiger partial charge < -0.3 is 4.72 Å². The molecular weight excluding hydrogens is 306 g/mol. The fourth-order valence-electron chi connectivity index (χ4n) is 2.98. The third kappa shape index (κ3) is 2.16. The van der Waals surface area contributed by atoms with Crippen molar-refractivity contribution in [3.8, 4) is 0 Å². The zero-order chi connectivity index (χ0) is 15.1. The van der Waals surface area contributed by atoms with Crippen molar-refractivity contribution in [2.75, 3.05) is 4.72 Å². The molecule has 4 rings (SSSR count). The number of thiophene rings is 1. The number of nitrogens with one attached hydrogen (secondary N) is 1. The van der Waals surface area contributed by atoms with Crippen LogP contribution in [0.15, 0.2) is 60.2 Å². The maximum Gasteiger partial charge on any atom is 0.0728 e. The van der Waals surface area contributed by atoms with E-state index in [9.17, 15) is 0 Å². The summed E-state index contributed by atoms with van der Waals surface area (Å²) in [6, 6.07) is 19.2. The quantitative estimate of drug-likeness (QED) is 0.551. The van der Waals surface area contributed by atoms with Gasteiger partial charge in [-0.15, -0.1) is 11.3 Å². The highest BCUT2D eigenvalue weighted by atomic mass is 32.2. The topological polar surface area (TPSA) is 12.0 Å². The lowest BCUT2D eigenvalue weighted by atomic mass is 10.1. The minimum atomic E-state index is 0.395. The van der Waals surface area contributed by atoms with Crippen LogP contribution in [0.25, 0.3) is 15.7 Å². The molecule has 22 heavy (non-hydrogen) atoms. The number of fused-ring (bicyclic) bond motifs is 3. The lowest BCUT2D eigenvalue weighted by Crippen LogP contribution is -1.96. The van der Waals surface area contributed by atoms with Crippen molar-refractivity contribution in [1.29, 1.82) is 0 Å². The Morgan fingerprint density at radius 3 is 2.50 bits per heavy atom. The standard InChI is InChI=1S/C19H17NS2/c1-12-13(2)19(22-20-14-8-4-3-5-9-14)17-15-10-6-7-11-16(15)21-18(12)17/h3-11,19-20H,1-2H3. The third-order valence-corrected chi connectivity index (χ3v) is 6.77. The predicted octanol–water partition coefficient (Wildman–Crippen LogP) is 6.51. The van der Waals surface area contributed by atoms with Gasteiger partial charge in [0, 0.05) is 15.3 Å². The molecule has 3 heteroatoms. The van der Waals surface area contributed by atoms with Crippen LogP contribution in [0.5, 0.6) is 0 Å². The molecule has 1 atom stereocenters. The van der Waals surface area contributed by atoms with Crippen LogP contribution in [0, 0.1) is 0 Å². The van der Waals surface area contributed by atoms with E-state index in [0.29, 0.717) is 5.25 Å². The minimum absolute atomic E-state index is 0.395. The average Bonchev–Trinajstić information content (AvgIpc) is 3.04. The highest BCUT2D eigenvalue weighted by molar-refractivity contribution is 8.01. The maximum atomic E-state index is 3.52. The van der Waals surface area contributed by atoms with Gasteiger partial charge in [0.1, 0.15) is 0 Å². The molecule has 1 aliphatic rings. The van der Waals surface area contributed by atoms with Gasteiger partial charge in [0.05, 0.1) is 5.25 Å². The first-order chi connectivity index (χ1) is 10.8. The molecule has 3 aromatic rings. The molecule has 110 valence electrons. The van der Waals surface area contributed by atoms with Crippen LogP contribution in [-0.4, -0.2) is 0 Å². The van der Waals surface area contributed by atoms with Crippen molar-refractivity contribution in [2.24, 2.45) is 0 Å². The van der Waals surface area contributed by atoms with Gasteiger partial charge in [0.25, 0.3) is 0 Å². The van der Waals surface area contributed by atoms with Gasteiger partial charge in [-0.1, -0.05) is 36.4 Å². The number of allylic oxidation sites excluding steroid dienone is 1. The normalized spacial score (nSPS) is 17.1. The third-order valence-electron chi connectivity index (χ3n) is 4.29. The van der Waals surface area contributed by atoms with E-state index in [1.54, 1.807) is 0 Å². The zero-order valence-corrected chi connectivity index (χ0v) is 14.2. The number of para-hydroxylation sites is 1. The molecule has 0 spiro atoms. The summed E-state index contributed by atoms with van der Waals surface area (Å²) in [5.74, 6) is 0. The molecule has 0 radical (unpaired) electrons. The molecule has 2 aromatic carbocycles. The number of hydrogen-bond donors (Lipinski definition) is 1. The van der Waals surface area contributed by atoms with Crippen LogP contribution in [-0.2, 0) is 0 Å². The van der Waals surface area contributed by atoms with Gasteiger partial charge in [0.2, 0.25) is 0 Å². The van der Waals surface area contributed by atoms with Gasteiger partial charge in [-0.05, 0) is 66.1 Å². The SMILES string of the molecule is CC1=C(C)C(SNc2ccccc2)c2c1sc1ccccc21. The molecule has 1 aliphatic carbocycles. The Kier molecular flexibility index (Phi) is 3.47. The fraction of sp³-hybridized carbons (Fsp3) is 0.158. The van der Waals surface area contributed by atoms with Crippen molar-refractivity contribution in [3.63, 3.8) is 0 Å². The van der Waals surface area contributed by atoms with Gasteiger partial charge in [-0.2, -0.15) is 0 Å². The Morgan fingerprint density at radius 2 is 1.68 bits per heavy atom. The summed E-state index contributed by atoms with van der Waals surface area (Å²) in [5.41, 5.74) is 5.57. The Balaban J connectivity index is 1.72. The lowest BCUT2D eigenvalue weighted by Gasteiger charge is -2.15. The summed E-state index contributed by atoms with van der Waals surface area (Å²) in [6.07, 6.45) is 0. The van der Waals surface area contributed by atoms with Crippen LogP contribution in [0.2, 0.25) is 0 Å². The molecule has 1 unspecified atom stereocenters. The van der Waals surface area contributed by atoms with E-state index in [1.165, 1.54) is 31.7 Å². The van der Waals surface area contributed by atoms with Crippen molar-refractivity contribution in [3.05, 3.63) is 70.6 Å². The second kappa shape index (κ2) is 5.49. The average molecular weight is 323 g/mol. The van der Waals surface area contributed by atoms with Crippen LogP contribution in [0.1, 0.15) is 29.5 Å². The fourth-order valence-corrected chi connectivity index (χ4v) is 5.46. The highest BCUT2D eigenvalue weighted by Gasteiger charge is 2.31. The summed E-state index contributed by atoms with van der Waals surface area (Å²) < 4.78 is 4.91. The van der Waals surface area contributed by atoms with Gasteiger partial charge in [-0.3, -0.25) is 0 Å². The molecule has 0 fully saturated rings. The smallest absolute Gasteiger partial charge is 0.0728 e. The first-order valence-corrected chi connectivity index (χ1v) is 9.11. The van der Waals surface area contributed by atoms with Crippen LogP contribution < -0.4 is 4.72 Å². The Hall–Kier alpha value is -1.71. The van der Waals surface area contributed by atoms with E-state index in [-0.39, 0.29) is 0 Å². The summed E-state index contributed by atoms with van der Waals surface area (Å²) >= 11 is 3.73. The molecule has 0 saturated heterocycles. The molecule has 1 nitrogen and oxygen atoms in total. The van der Waals surface area contributed by atoms with Crippen molar-refractivity contribution in [1.82, 2.24) is 0 Å². The van der Waals surface area contributed by atoms with E-state index < -0.39 is 0 Å². The molecule has 1 aromatic heterocycles. The van der Waals surface area contributed by atoms with Crippen molar-refractivity contribution < 1.29 is 0 Å². The van der Waals surface area contributed by atoms with Gasteiger partial charge in [0.15, 0.2) is 0 Å². The van der Waals surface area contributed by atoms with E-state index in [4.69, 9.17) is 0 Å². The summed E-state index contributed by atoms with van der Waals surface area (Å²) in [6.45, 7) is 4.52. The second-order valence-corrected chi connectivity index (χ2v) is 7.58. The summed E-state index contributed by atoms with van der Waals surface area (Å²) in [7, 11) is 0. The number of benzene rings is 2. The monoisotopic (exact) mass is 323 g/mol. The van der Waals surface area contributed by atoms with E-state index in [2.05, 4.69) is 67.1 Å². The Bertz CT molecular complexity index is 862. The van der Waals surface area contributed by atoms with Crippen molar-refractivity contribution in [2.45, 2.75) is 19.1 Å². The van der Waals surface area contributed by atoms with Crippen LogP contribution in [0.3, 0.4) is 0 Å². The maximum absolute atomic E-state index is 3.52. The first-order valence-electron chi connectivity index (χ1n) is 7.41. The molecule has 1 N–H and O–H groups in total. The number of anilines is 1. The summed E-state index contributed by atoms with van der Waals surface area (Å²) in [4.78, 5) is 1.46. The second-order valence-electron chi connectivity index (χ2n) is 5.62. The number of rotatable bonds is 3. The summed E-state index contributed by atoms with van der Waals surface area (Å²) in [5, 5.41) is 1.80. The Morgan fingerprint density at radius 1 is 0.955 bits per heavy atom. The first kappa shape index (κ1) is 13.9. The van der Waals surface area contributed by atoms with E-state index in [1.807, 2.05) is 29.4 Å². The van der Waals surface area contributed by atoms with Crippen molar-refractivity contribution >= 4 is 44.6 Å². The molecular formula is C19H17NS2. The van der Waals surface area contributed by atoms with Gasteiger partial charge in [-0.25, -0.2) is 0 Å². The zero-order valence-electron chi connectivity index (χ0n) is 12.6.